The second-order valence-corrected chi connectivity index (χ2v) is 11.0. The van der Waals surface area contributed by atoms with Crippen molar-refractivity contribution in [1.82, 2.24) is 20.0 Å². The molecule has 44 heavy (non-hydrogen) atoms. The molecule has 0 aromatic heterocycles. The van der Waals surface area contributed by atoms with E-state index in [2.05, 4.69) is 5.32 Å². The zero-order valence-corrected chi connectivity index (χ0v) is 25.7. The summed E-state index contributed by atoms with van der Waals surface area (Å²) in [6.07, 6.45) is -0.595. The standard InChI is InChI=1S/C31H45F3N6O4/c1-22(21-27(41)40(17-15-35)18-16-36)28(42)37-26(14-9-23-7-5-4-6-8-23)30(44)39(3)20-19-38(2)29(43)24-10-12-25(13-11-24)31(32,33)34/h4-8,10,12-13,22,24,26H,9,11,14-21,35-36H2,1-3H3,(H,37,42). The maximum absolute atomic E-state index is 13.5. The number of halogens is 3. The molecule has 0 spiro atoms. The predicted octanol–water partition coefficient (Wildman–Crippen LogP) is 1.86. The second kappa shape index (κ2) is 17.6. The molecule has 0 bridgehead atoms. The summed E-state index contributed by atoms with van der Waals surface area (Å²) in [5.41, 5.74) is 11.4. The first kappa shape index (κ1) is 36.5. The number of rotatable bonds is 16. The van der Waals surface area contributed by atoms with Crippen LogP contribution in [-0.2, 0) is 25.6 Å². The van der Waals surface area contributed by atoms with Gasteiger partial charge in [0.25, 0.3) is 0 Å². The van der Waals surface area contributed by atoms with E-state index in [1.165, 1.54) is 27.8 Å². The summed E-state index contributed by atoms with van der Waals surface area (Å²) in [7, 11) is 3.09. The van der Waals surface area contributed by atoms with Gasteiger partial charge in [0, 0.05) is 65.7 Å². The largest absolute Gasteiger partial charge is 0.416 e. The minimum Gasteiger partial charge on any atom is -0.344 e. The van der Waals surface area contributed by atoms with Gasteiger partial charge in [-0.15, -0.1) is 0 Å². The minimum absolute atomic E-state index is 0.0617. The van der Waals surface area contributed by atoms with Crippen molar-refractivity contribution in [1.29, 1.82) is 0 Å². The lowest BCUT2D eigenvalue weighted by molar-refractivity contribution is -0.139. The normalized spacial score (nSPS) is 16.0. The Kier molecular flexibility index (Phi) is 14.6. The fourth-order valence-corrected chi connectivity index (χ4v) is 4.77. The zero-order chi connectivity index (χ0) is 32.9. The Balaban J connectivity index is 2.03. The quantitative estimate of drug-likeness (QED) is 0.257. The smallest absolute Gasteiger partial charge is 0.344 e. The number of carbonyl (C=O) groups excluding carboxylic acids is 4. The average Bonchev–Trinajstić information content (AvgIpc) is 3.00. The molecule has 1 aromatic rings. The number of amides is 4. The number of alkyl halides is 3. The second-order valence-electron chi connectivity index (χ2n) is 11.0. The number of aryl methyl sites for hydroxylation is 1. The molecule has 13 heteroatoms. The van der Waals surface area contributed by atoms with Gasteiger partial charge in [0.2, 0.25) is 23.6 Å². The highest BCUT2D eigenvalue weighted by Gasteiger charge is 2.34. The third-order valence-electron chi connectivity index (χ3n) is 7.53. The van der Waals surface area contributed by atoms with E-state index in [-0.39, 0.29) is 56.7 Å². The Morgan fingerprint density at radius 2 is 1.59 bits per heavy atom. The number of likely N-dealkylation sites (N-methyl/N-ethyl adjacent to an activating group) is 2. The summed E-state index contributed by atoms with van der Waals surface area (Å²) in [6.45, 7) is 3.08. The summed E-state index contributed by atoms with van der Waals surface area (Å²) in [5.74, 6) is -2.85. The first-order chi connectivity index (χ1) is 20.8. The van der Waals surface area contributed by atoms with Gasteiger partial charge in [0.05, 0.1) is 11.5 Å². The van der Waals surface area contributed by atoms with E-state index in [0.717, 1.165) is 17.7 Å². The molecule has 0 radical (unpaired) electrons. The van der Waals surface area contributed by atoms with Crippen LogP contribution >= 0.6 is 0 Å². The first-order valence-corrected chi connectivity index (χ1v) is 14.8. The van der Waals surface area contributed by atoms with Crippen molar-refractivity contribution < 1.29 is 32.3 Å². The molecule has 0 saturated carbocycles. The molecule has 5 N–H and O–H groups in total. The van der Waals surface area contributed by atoms with Gasteiger partial charge >= 0.3 is 6.18 Å². The lowest BCUT2D eigenvalue weighted by atomic mass is 9.95. The van der Waals surface area contributed by atoms with E-state index in [4.69, 9.17) is 11.5 Å². The van der Waals surface area contributed by atoms with Crippen molar-refractivity contribution in [3.05, 3.63) is 59.7 Å². The van der Waals surface area contributed by atoms with Gasteiger partial charge in [-0.3, -0.25) is 19.2 Å². The summed E-state index contributed by atoms with van der Waals surface area (Å²) in [5, 5.41) is 2.82. The Labute approximate surface area is 257 Å². The van der Waals surface area contributed by atoms with E-state index in [0.29, 0.717) is 25.9 Å². The monoisotopic (exact) mass is 622 g/mol. The molecule has 2 rings (SSSR count). The van der Waals surface area contributed by atoms with Crippen molar-refractivity contribution in [2.24, 2.45) is 23.3 Å². The maximum atomic E-state index is 13.5. The molecule has 1 aliphatic rings. The molecule has 0 heterocycles. The lowest BCUT2D eigenvalue weighted by Gasteiger charge is -2.29. The van der Waals surface area contributed by atoms with Crippen LogP contribution in [0.4, 0.5) is 13.2 Å². The zero-order valence-electron chi connectivity index (χ0n) is 25.7. The van der Waals surface area contributed by atoms with E-state index < -0.39 is 35.5 Å². The van der Waals surface area contributed by atoms with Crippen LogP contribution in [0.15, 0.2) is 54.1 Å². The lowest BCUT2D eigenvalue weighted by Crippen LogP contribution is -2.51. The number of nitrogens with two attached hydrogens (primary N) is 2. The van der Waals surface area contributed by atoms with Crippen LogP contribution in [-0.4, -0.2) is 104 Å². The van der Waals surface area contributed by atoms with E-state index in [1.807, 2.05) is 30.3 Å². The van der Waals surface area contributed by atoms with Gasteiger partial charge in [-0.1, -0.05) is 55.5 Å². The van der Waals surface area contributed by atoms with Gasteiger partial charge in [-0.25, -0.2) is 0 Å². The van der Waals surface area contributed by atoms with Crippen LogP contribution in [0.3, 0.4) is 0 Å². The SMILES string of the molecule is CC(CC(=O)N(CCN)CCN)C(=O)NC(CCc1ccccc1)C(=O)N(C)CCN(C)C(=O)C1C=CC(C(F)(F)F)=CC1. The number of allylic oxidation sites excluding steroid dienone is 3. The summed E-state index contributed by atoms with van der Waals surface area (Å²) in [4.78, 5) is 56.5. The number of hydrogen-bond donors (Lipinski definition) is 3. The summed E-state index contributed by atoms with van der Waals surface area (Å²) < 4.78 is 38.7. The molecule has 1 aliphatic carbocycles. The predicted molar refractivity (Wildman–Crippen MR) is 162 cm³/mol. The molecule has 0 fully saturated rings. The van der Waals surface area contributed by atoms with Crippen molar-refractivity contribution in [2.45, 2.75) is 44.8 Å². The van der Waals surface area contributed by atoms with Crippen LogP contribution in [0.5, 0.6) is 0 Å². The number of hydrogen-bond acceptors (Lipinski definition) is 6. The molecule has 4 amide bonds. The minimum atomic E-state index is -4.46. The summed E-state index contributed by atoms with van der Waals surface area (Å²) in [6, 6.07) is 8.60. The third-order valence-corrected chi connectivity index (χ3v) is 7.53. The molecule has 3 unspecified atom stereocenters. The summed E-state index contributed by atoms with van der Waals surface area (Å²) >= 11 is 0. The van der Waals surface area contributed by atoms with Crippen LogP contribution in [0, 0.1) is 11.8 Å². The van der Waals surface area contributed by atoms with E-state index in [1.54, 1.807) is 14.0 Å². The molecule has 1 aromatic carbocycles. The Morgan fingerprint density at radius 3 is 2.14 bits per heavy atom. The first-order valence-electron chi connectivity index (χ1n) is 14.8. The van der Waals surface area contributed by atoms with Crippen LogP contribution in [0.2, 0.25) is 0 Å². The van der Waals surface area contributed by atoms with Gasteiger partial charge < -0.3 is 31.5 Å². The van der Waals surface area contributed by atoms with Crippen LogP contribution in [0.25, 0.3) is 0 Å². The molecular weight excluding hydrogens is 577 g/mol. The molecule has 0 aliphatic heterocycles. The number of benzene rings is 1. The molecular formula is C31H45F3N6O4. The van der Waals surface area contributed by atoms with Gasteiger partial charge in [-0.05, 0) is 24.8 Å². The van der Waals surface area contributed by atoms with Crippen molar-refractivity contribution in [3.63, 3.8) is 0 Å². The van der Waals surface area contributed by atoms with Gasteiger partial charge in [0.15, 0.2) is 0 Å². The Bertz CT molecular complexity index is 1170. The third kappa shape index (κ3) is 11.4. The number of carbonyl (C=O) groups is 4. The van der Waals surface area contributed by atoms with E-state index >= 15 is 0 Å². The van der Waals surface area contributed by atoms with Crippen LogP contribution < -0.4 is 16.8 Å². The topological polar surface area (TPSA) is 142 Å². The van der Waals surface area contributed by atoms with E-state index in [9.17, 15) is 32.3 Å². The van der Waals surface area contributed by atoms with Gasteiger partial charge in [-0.2, -0.15) is 13.2 Å². The Hall–Kier alpha value is -3.71. The van der Waals surface area contributed by atoms with Crippen molar-refractivity contribution in [2.75, 3.05) is 53.4 Å². The molecule has 10 nitrogen and oxygen atoms in total. The maximum Gasteiger partial charge on any atom is 0.416 e. The Morgan fingerprint density at radius 1 is 0.977 bits per heavy atom. The average molecular weight is 623 g/mol. The number of nitrogens with zero attached hydrogens (tertiary/aromatic N) is 3. The van der Waals surface area contributed by atoms with Crippen LogP contribution in [0.1, 0.15) is 31.7 Å². The molecule has 0 saturated heterocycles. The van der Waals surface area contributed by atoms with Gasteiger partial charge in [0.1, 0.15) is 6.04 Å². The molecule has 244 valence electrons. The highest BCUT2D eigenvalue weighted by Crippen LogP contribution is 2.31. The van der Waals surface area contributed by atoms with Crippen molar-refractivity contribution >= 4 is 23.6 Å². The highest BCUT2D eigenvalue weighted by atomic mass is 19.4. The highest BCUT2D eigenvalue weighted by molar-refractivity contribution is 5.90. The molecule has 3 atom stereocenters. The number of nitrogens with one attached hydrogen (secondary N) is 1. The fourth-order valence-electron chi connectivity index (χ4n) is 4.77. The van der Waals surface area contributed by atoms with Crippen molar-refractivity contribution in [3.8, 4) is 0 Å². The fraction of sp³-hybridized carbons (Fsp3) is 0.548.